The van der Waals surface area contributed by atoms with Gasteiger partial charge in [0.25, 0.3) is 0 Å². The van der Waals surface area contributed by atoms with Crippen LogP contribution in [-0.2, 0) is 10.8 Å². The number of hydrogen-bond acceptors (Lipinski definition) is 4. The summed E-state index contributed by atoms with van der Waals surface area (Å²) in [4.78, 5) is 10.1. The van der Waals surface area contributed by atoms with Crippen LogP contribution in [0.25, 0.3) is 109 Å². The number of rotatable bonds is 8. The number of fused-ring (bicyclic) bond motifs is 12. The Kier molecular flexibility index (Phi) is 10.9. The van der Waals surface area contributed by atoms with E-state index in [1.807, 2.05) is 0 Å². The fourth-order valence-corrected chi connectivity index (χ4v) is 15.5. The van der Waals surface area contributed by atoms with E-state index in [4.69, 9.17) is 4.98 Å². The minimum Gasteiger partial charge on any atom is -0.310 e. The SMILES string of the molecule is CC1(C)c2cc(-c3c4ccc(N(c5ccccc5)c5nc6ccccc6s5)cc4c(-c4ccc5c(c4)C(C)(C)c4cc6ccccc6cc4-5)c4ccc(N(c5ccccc5)c5ccc6ccccc6c5)cc34)ccc2-c2cc3ccccc3cc21. The van der Waals surface area contributed by atoms with Crippen LogP contribution in [0.1, 0.15) is 49.9 Å². The molecule has 0 amide bonds. The summed E-state index contributed by atoms with van der Waals surface area (Å²) in [6, 6.07) is 102. The van der Waals surface area contributed by atoms with Crippen molar-refractivity contribution >= 4 is 109 Å². The van der Waals surface area contributed by atoms with Gasteiger partial charge < -0.3 is 4.90 Å². The van der Waals surface area contributed by atoms with Crippen LogP contribution < -0.4 is 9.80 Å². The third kappa shape index (κ3) is 7.68. The molecule has 15 aromatic rings. The first-order valence-corrected chi connectivity index (χ1v) is 30.4. The van der Waals surface area contributed by atoms with Gasteiger partial charge in [-0.05, 0) is 230 Å². The van der Waals surface area contributed by atoms with Crippen LogP contribution >= 0.6 is 11.3 Å². The predicted molar refractivity (Wildman–Crippen MR) is 363 cm³/mol. The number of nitrogens with zero attached hydrogens (tertiary/aromatic N) is 3. The van der Waals surface area contributed by atoms with Gasteiger partial charge in [0.15, 0.2) is 5.13 Å². The van der Waals surface area contributed by atoms with Crippen molar-refractivity contribution in [2.75, 3.05) is 9.80 Å². The Balaban J connectivity index is 0.973. The Morgan fingerprint density at radius 3 is 1.24 bits per heavy atom. The van der Waals surface area contributed by atoms with Crippen molar-refractivity contribution in [3.63, 3.8) is 0 Å². The van der Waals surface area contributed by atoms with E-state index in [-0.39, 0.29) is 10.8 Å². The van der Waals surface area contributed by atoms with Gasteiger partial charge in [-0.1, -0.05) is 203 Å². The molecule has 2 aliphatic rings. The first-order chi connectivity index (χ1) is 41.6. The van der Waals surface area contributed by atoms with Gasteiger partial charge in [-0.2, -0.15) is 0 Å². The van der Waals surface area contributed by atoms with Gasteiger partial charge in [0.1, 0.15) is 0 Å². The molecule has 2 aliphatic carbocycles. The second-order valence-electron chi connectivity index (χ2n) is 24.3. The van der Waals surface area contributed by atoms with Gasteiger partial charge in [0, 0.05) is 39.3 Å². The summed E-state index contributed by atoms with van der Waals surface area (Å²) in [6.07, 6.45) is 0. The van der Waals surface area contributed by atoms with E-state index in [0.717, 1.165) is 43.8 Å². The molecule has 0 atom stereocenters. The maximum absolute atomic E-state index is 5.35. The number of anilines is 6. The summed E-state index contributed by atoms with van der Waals surface area (Å²) in [5.74, 6) is 0. The molecule has 0 unspecified atom stereocenters. The Hall–Kier alpha value is -10.1. The highest BCUT2D eigenvalue weighted by Crippen LogP contribution is 2.56. The summed E-state index contributed by atoms with van der Waals surface area (Å²) in [5, 5.41) is 13.2. The molecule has 3 nitrogen and oxygen atoms in total. The van der Waals surface area contributed by atoms with Crippen molar-refractivity contribution in [2.45, 2.75) is 38.5 Å². The van der Waals surface area contributed by atoms with Crippen LogP contribution in [0, 0.1) is 0 Å². The highest BCUT2D eigenvalue weighted by atomic mass is 32.1. The van der Waals surface area contributed by atoms with E-state index < -0.39 is 0 Å². The third-order valence-electron chi connectivity index (χ3n) is 18.8. The summed E-state index contributed by atoms with van der Waals surface area (Å²) in [5.41, 5.74) is 21.3. The summed E-state index contributed by atoms with van der Waals surface area (Å²) in [7, 11) is 0. The van der Waals surface area contributed by atoms with Crippen molar-refractivity contribution < 1.29 is 0 Å². The average molecular weight is 1100 g/mol. The Bertz CT molecular complexity index is 5230. The van der Waals surface area contributed by atoms with Gasteiger partial charge in [0.05, 0.1) is 10.2 Å². The molecule has 0 radical (unpaired) electrons. The lowest BCUT2D eigenvalue weighted by Crippen LogP contribution is -2.15. The monoisotopic (exact) mass is 1100 g/mol. The van der Waals surface area contributed by atoms with E-state index in [0.29, 0.717) is 0 Å². The zero-order chi connectivity index (χ0) is 56.7. The molecule has 0 bridgehead atoms. The van der Waals surface area contributed by atoms with Crippen molar-refractivity contribution in [1.82, 2.24) is 4.98 Å². The lowest BCUT2D eigenvalue weighted by molar-refractivity contribution is 0.661. The molecule has 14 aromatic carbocycles. The maximum atomic E-state index is 5.35. The molecule has 4 heteroatoms. The van der Waals surface area contributed by atoms with E-state index >= 15 is 0 Å². The second kappa shape index (κ2) is 18.7. The third-order valence-corrected chi connectivity index (χ3v) is 19.8. The number of aromatic nitrogens is 1. The van der Waals surface area contributed by atoms with E-state index in [1.165, 1.54) is 121 Å². The first kappa shape index (κ1) is 49.5. The Labute approximate surface area is 499 Å². The lowest BCUT2D eigenvalue weighted by Gasteiger charge is -2.28. The van der Waals surface area contributed by atoms with Gasteiger partial charge in [0.2, 0.25) is 0 Å². The van der Waals surface area contributed by atoms with Crippen molar-refractivity contribution in [2.24, 2.45) is 0 Å². The fraction of sp³-hybridized carbons (Fsp3) is 0.0741. The number of thiazole rings is 1. The van der Waals surface area contributed by atoms with Gasteiger partial charge >= 0.3 is 0 Å². The average Bonchev–Trinajstić information content (AvgIpc) is 1.97. The van der Waals surface area contributed by atoms with Crippen LogP contribution in [0.2, 0.25) is 0 Å². The molecule has 0 N–H and O–H groups in total. The second-order valence-corrected chi connectivity index (χ2v) is 25.3. The lowest BCUT2D eigenvalue weighted by atomic mass is 9.79. The maximum Gasteiger partial charge on any atom is 0.195 e. The molecule has 0 saturated carbocycles. The molecule has 17 rings (SSSR count). The van der Waals surface area contributed by atoms with E-state index in [9.17, 15) is 0 Å². The zero-order valence-electron chi connectivity index (χ0n) is 47.7. The van der Waals surface area contributed by atoms with Crippen LogP contribution in [0.3, 0.4) is 0 Å². The largest absolute Gasteiger partial charge is 0.310 e. The van der Waals surface area contributed by atoms with Crippen molar-refractivity contribution in [3.05, 3.63) is 295 Å². The summed E-state index contributed by atoms with van der Waals surface area (Å²) >= 11 is 1.73. The zero-order valence-corrected chi connectivity index (χ0v) is 48.5. The highest BCUT2D eigenvalue weighted by Gasteiger charge is 2.38. The van der Waals surface area contributed by atoms with Gasteiger partial charge in [-0.25, -0.2) is 4.98 Å². The first-order valence-electron chi connectivity index (χ1n) is 29.6. The van der Waals surface area contributed by atoms with Gasteiger partial charge in [-0.15, -0.1) is 0 Å². The quantitative estimate of drug-likeness (QED) is 0.141. The molecule has 0 saturated heterocycles. The Morgan fingerprint density at radius 1 is 0.294 bits per heavy atom. The molecule has 85 heavy (non-hydrogen) atoms. The fourth-order valence-electron chi connectivity index (χ4n) is 14.5. The molecule has 0 spiro atoms. The van der Waals surface area contributed by atoms with Gasteiger partial charge in [-0.3, -0.25) is 4.90 Å². The summed E-state index contributed by atoms with van der Waals surface area (Å²) in [6.45, 7) is 9.66. The molecule has 0 fully saturated rings. The molecule has 402 valence electrons. The van der Waals surface area contributed by atoms with Crippen molar-refractivity contribution in [3.8, 4) is 44.5 Å². The van der Waals surface area contributed by atoms with Crippen LogP contribution in [-0.4, -0.2) is 4.98 Å². The smallest absolute Gasteiger partial charge is 0.195 e. The number of hydrogen-bond donors (Lipinski definition) is 0. The van der Waals surface area contributed by atoms with Crippen LogP contribution in [0.15, 0.2) is 273 Å². The Morgan fingerprint density at radius 2 is 0.706 bits per heavy atom. The van der Waals surface area contributed by atoms with Crippen LogP contribution in [0.5, 0.6) is 0 Å². The topological polar surface area (TPSA) is 19.4 Å². The molecule has 1 aromatic heterocycles. The standard InChI is InChI=1S/C81H57N3S/c1-80(2)71-46-56(32-37-63(71)67-42-52-21-13-15-23-54(52)44-73(67)80)77-66-40-36-62(84(59-27-9-6-10-28-59)79-82-75-29-17-18-30-76(75)85-79)49-70(66)78(57-33-38-64-68-43-53-22-14-16-24-55(53)45-74(68)81(3,4)72(64)47-57)65-39-35-61(48-69(65)77)83(58-25-7-5-8-26-58)60-34-31-50-19-11-12-20-51(50)41-60/h5-49H,1-4H3. The molecule has 0 aliphatic heterocycles. The normalized spacial score (nSPS) is 13.6. The van der Waals surface area contributed by atoms with Crippen LogP contribution in [0.4, 0.5) is 33.6 Å². The summed E-state index contributed by atoms with van der Waals surface area (Å²) < 4.78 is 1.15. The van der Waals surface area contributed by atoms with Crippen molar-refractivity contribution in [1.29, 1.82) is 0 Å². The van der Waals surface area contributed by atoms with E-state index in [2.05, 4.69) is 310 Å². The number of para-hydroxylation sites is 3. The molecular weight excluding hydrogens is 1050 g/mol. The minimum atomic E-state index is -0.248. The molecule has 1 heterocycles. The predicted octanol–water partition coefficient (Wildman–Crippen LogP) is 22.9. The van der Waals surface area contributed by atoms with E-state index in [1.54, 1.807) is 11.3 Å². The minimum absolute atomic E-state index is 0.247. The molecular formula is C81H57N3S. The number of benzene rings is 14. The highest BCUT2D eigenvalue weighted by molar-refractivity contribution is 7.22.